The lowest BCUT2D eigenvalue weighted by Gasteiger charge is -2.42. The van der Waals surface area contributed by atoms with E-state index in [0.29, 0.717) is 43.2 Å². The van der Waals surface area contributed by atoms with E-state index in [0.717, 1.165) is 12.8 Å². The summed E-state index contributed by atoms with van der Waals surface area (Å²) in [6, 6.07) is 15.7. The first-order chi connectivity index (χ1) is 16.5. The summed E-state index contributed by atoms with van der Waals surface area (Å²) < 4.78 is 18.2. The van der Waals surface area contributed by atoms with Crippen molar-refractivity contribution in [3.05, 3.63) is 89.8 Å². The Kier molecular flexibility index (Phi) is 7.15. The van der Waals surface area contributed by atoms with Crippen molar-refractivity contribution >= 4 is 17.7 Å². The molecule has 0 saturated carbocycles. The fourth-order valence-electron chi connectivity index (χ4n) is 4.30. The molecule has 1 aliphatic rings. The summed E-state index contributed by atoms with van der Waals surface area (Å²) in [7, 11) is 0. The van der Waals surface area contributed by atoms with Gasteiger partial charge < -0.3 is 15.0 Å². The number of hydrogen-bond donors (Lipinski definition) is 1. The molecule has 1 aromatic heterocycles. The number of hydrogen-bond acceptors (Lipinski definition) is 5. The lowest BCUT2D eigenvalue weighted by Crippen LogP contribution is -2.47. The van der Waals surface area contributed by atoms with Crippen LogP contribution >= 0.6 is 0 Å². The van der Waals surface area contributed by atoms with Crippen LogP contribution in [0, 0.1) is 5.82 Å². The molecule has 1 aliphatic heterocycles. The molecule has 7 nitrogen and oxygen atoms in total. The number of carbonyl (C=O) groups excluding carboxylic acids is 2. The summed E-state index contributed by atoms with van der Waals surface area (Å²) in [6.45, 7) is 3.16. The molecule has 8 heteroatoms. The number of urea groups is 1. The molecule has 0 bridgehead atoms. The number of likely N-dealkylation sites (tertiary alicyclic amines) is 1. The maximum absolute atomic E-state index is 13.1. The van der Waals surface area contributed by atoms with Gasteiger partial charge in [-0.1, -0.05) is 30.3 Å². The second-order valence-electron chi connectivity index (χ2n) is 8.36. The predicted octanol–water partition coefficient (Wildman–Crippen LogP) is 4.60. The lowest BCUT2D eigenvalue weighted by atomic mass is 9.70. The average Bonchev–Trinajstić information content (AvgIpc) is 2.87. The van der Waals surface area contributed by atoms with Crippen LogP contribution in [0.25, 0.3) is 0 Å². The van der Waals surface area contributed by atoms with E-state index >= 15 is 0 Å². The fourth-order valence-corrected chi connectivity index (χ4v) is 4.30. The minimum absolute atomic E-state index is 0.205. The SMILES string of the molecule is CCOC(=O)c1cnc(CC2(c3ccccc3)CCN(C(=O)Nc3ccc(F)cc3)CC2)nc1. The monoisotopic (exact) mass is 462 g/mol. The number of benzene rings is 2. The van der Waals surface area contributed by atoms with E-state index in [1.54, 1.807) is 24.0 Å². The number of esters is 1. The van der Waals surface area contributed by atoms with Gasteiger partial charge in [0.2, 0.25) is 0 Å². The van der Waals surface area contributed by atoms with Crippen LogP contribution in [0.5, 0.6) is 0 Å². The second-order valence-corrected chi connectivity index (χ2v) is 8.36. The number of piperidine rings is 1. The third-order valence-corrected chi connectivity index (χ3v) is 6.20. The summed E-state index contributed by atoms with van der Waals surface area (Å²) in [6.07, 6.45) is 5.07. The maximum Gasteiger partial charge on any atom is 0.341 e. The van der Waals surface area contributed by atoms with Gasteiger partial charge in [0.25, 0.3) is 0 Å². The van der Waals surface area contributed by atoms with Gasteiger partial charge in [-0.2, -0.15) is 0 Å². The van der Waals surface area contributed by atoms with Gasteiger partial charge in [-0.15, -0.1) is 0 Å². The van der Waals surface area contributed by atoms with E-state index in [9.17, 15) is 14.0 Å². The van der Waals surface area contributed by atoms with Gasteiger partial charge in [0.15, 0.2) is 0 Å². The van der Waals surface area contributed by atoms with Crippen LogP contribution in [-0.4, -0.2) is 46.6 Å². The van der Waals surface area contributed by atoms with Gasteiger partial charge in [-0.05, 0) is 49.6 Å². The molecule has 0 unspecified atom stereocenters. The maximum atomic E-state index is 13.1. The second kappa shape index (κ2) is 10.4. The lowest BCUT2D eigenvalue weighted by molar-refractivity contribution is 0.0525. The normalized spacial score (nSPS) is 14.9. The molecule has 2 heterocycles. The molecule has 0 radical (unpaired) electrons. The third-order valence-electron chi connectivity index (χ3n) is 6.20. The van der Waals surface area contributed by atoms with Crippen molar-refractivity contribution in [3.63, 3.8) is 0 Å². The van der Waals surface area contributed by atoms with Crippen LogP contribution in [-0.2, 0) is 16.6 Å². The zero-order chi connectivity index (χ0) is 24.0. The molecule has 2 aromatic carbocycles. The first kappa shape index (κ1) is 23.4. The molecule has 2 amide bonds. The summed E-state index contributed by atoms with van der Waals surface area (Å²) in [5.41, 5.74) is 1.82. The number of rotatable bonds is 6. The molecule has 34 heavy (non-hydrogen) atoms. The van der Waals surface area contributed by atoms with Crippen LogP contribution in [0.4, 0.5) is 14.9 Å². The quantitative estimate of drug-likeness (QED) is 0.541. The summed E-state index contributed by atoms with van der Waals surface area (Å²) in [5, 5.41) is 2.83. The van der Waals surface area contributed by atoms with Crippen LogP contribution < -0.4 is 5.32 Å². The van der Waals surface area contributed by atoms with Crippen LogP contribution in [0.15, 0.2) is 67.0 Å². The van der Waals surface area contributed by atoms with E-state index in [1.165, 1.54) is 30.1 Å². The Bertz CT molecular complexity index is 1110. The van der Waals surface area contributed by atoms with E-state index in [2.05, 4.69) is 27.4 Å². The fraction of sp³-hybridized carbons (Fsp3) is 0.308. The minimum Gasteiger partial charge on any atom is -0.462 e. The van der Waals surface area contributed by atoms with Crippen molar-refractivity contribution in [2.24, 2.45) is 0 Å². The van der Waals surface area contributed by atoms with Gasteiger partial charge in [0.1, 0.15) is 11.6 Å². The van der Waals surface area contributed by atoms with Gasteiger partial charge in [0, 0.05) is 43.0 Å². The van der Waals surface area contributed by atoms with Crippen molar-refractivity contribution in [1.82, 2.24) is 14.9 Å². The Morgan fingerprint density at radius 1 is 1.03 bits per heavy atom. The molecule has 1 N–H and O–H groups in total. The largest absolute Gasteiger partial charge is 0.462 e. The molecule has 0 spiro atoms. The Hall–Kier alpha value is -3.81. The Balaban J connectivity index is 1.48. The number of ether oxygens (including phenoxy) is 1. The molecule has 0 atom stereocenters. The molecule has 1 fully saturated rings. The number of anilines is 1. The highest BCUT2D eigenvalue weighted by Crippen LogP contribution is 2.38. The zero-order valence-corrected chi connectivity index (χ0v) is 19.0. The standard InChI is InChI=1S/C26H27FN4O3/c1-2-34-24(32)19-17-28-23(29-18-19)16-26(20-6-4-3-5-7-20)12-14-31(15-13-26)25(33)30-22-10-8-21(27)9-11-22/h3-11,17-18H,2,12-16H2,1H3,(H,30,33). The van der Waals surface area contributed by atoms with E-state index in [-0.39, 0.29) is 17.3 Å². The molecule has 3 aromatic rings. The number of amides is 2. The Morgan fingerprint density at radius 3 is 2.29 bits per heavy atom. The van der Waals surface area contributed by atoms with E-state index < -0.39 is 5.97 Å². The molecule has 176 valence electrons. The highest BCUT2D eigenvalue weighted by Gasteiger charge is 2.38. The van der Waals surface area contributed by atoms with Gasteiger partial charge >= 0.3 is 12.0 Å². The average molecular weight is 463 g/mol. The molecule has 4 rings (SSSR count). The van der Waals surface area contributed by atoms with Gasteiger partial charge in [-0.3, -0.25) is 0 Å². The van der Waals surface area contributed by atoms with E-state index in [4.69, 9.17) is 4.74 Å². The number of nitrogens with zero attached hydrogens (tertiary/aromatic N) is 3. The van der Waals surface area contributed by atoms with E-state index in [1.807, 2.05) is 18.2 Å². The highest BCUT2D eigenvalue weighted by atomic mass is 19.1. The van der Waals surface area contributed by atoms with Crippen molar-refractivity contribution in [2.75, 3.05) is 25.0 Å². The summed E-state index contributed by atoms with van der Waals surface area (Å²) in [4.78, 5) is 35.3. The summed E-state index contributed by atoms with van der Waals surface area (Å²) in [5.74, 6) is -0.144. The number of aromatic nitrogens is 2. The smallest absolute Gasteiger partial charge is 0.341 e. The van der Waals surface area contributed by atoms with Crippen molar-refractivity contribution in [1.29, 1.82) is 0 Å². The van der Waals surface area contributed by atoms with Crippen LogP contribution in [0.3, 0.4) is 0 Å². The molecular formula is C26H27FN4O3. The van der Waals surface area contributed by atoms with Crippen LogP contribution in [0.2, 0.25) is 0 Å². The number of nitrogens with one attached hydrogen (secondary N) is 1. The third kappa shape index (κ3) is 5.39. The Labute approximate surface area is 198 Å². The number of carbonyl (C=O) groups is 2. The first-order valence-electron chi connectivity index (χ1n) is 11.3. The highest BCUT2D eigenvalue weighted by molar-refractivity contribution is 5.89. The Morgan fingerprint density at radius 2 is 1.68 bits per heavy atom. The predicted molar refractivity (Wildman–Crippen MR) is 126 cm³/mol. The molecule has 0 aliphatic carbocycles. The van der Waals surface area contributed by atoms with Crippen molar-refractivity contribution in [3.8, 4) is 0 Å². The minimum atomic E-state index is -0.438. The first-order valence-corrected chi connectivity index (χ1v) is 11.3. The number of halogens is 1. The van der Waals surface area contributed by atoms with Gasteiger partial charge in [0.05, 0.1) is 12.2 Å². The van der Waals surface area contributed by atoms with Gasteiger partial charge in [-0.25, -0.2) is 23.9 Å². The van der Waals surface area contributed by atoms with Crippen molar-refractivity contribution < 1.29 is 18.7 Å². The van der Waals surface area contributed by atoms with Crippen LogP contribution in [0.1, 0.15) is 41.5 Å². The zero-order valence-electron chi connectivity index (χ0n) is 19.0. The van der Waals surface area contributed by atoms with Crippen molar-refractivity contribution in [2.45, 2.75) is 31.6 Å². The molecule has 1 saturated heterocycles. The molecular weight excluding hydrogens is 435 g/mol. The summed E-state index contributed by atoms with van der Waals surface area (Å²) >= 11 is 0. The topological polar surface area (TPSA) is 84.4 Å².